The molecular weight excluding hydrogens is 521 g/mol. The standard InChI is InChI=1S/C23H19F3N2O6S2/c1-33-19-11-17(28-9-8-15-6-7-16(10-22(15)28)27-35(2,29)30)12-21(14-19)36(31,32)20-5-3-4-18(13-20)34-23(24,25)26/h3-14,27H,1-2H3. The van der Waals surface area contributed by atoms with Crippen molar-refractivity contribution in [3.8, 4) is 17.2 Å². The average molecular weight is 541 g/mol. The summed E-state index contributed by atoms with van der Waals surface area (Å²) in [5, 5.41) is 0.748. The number of fused-ring (bicyclic) bond motifs is 1. The van der Waals surface area contributed by atoms with Gasteiger partial charge in [-0.25, -0.2) is 16.8 Å². The van der Waals surface area contributed by atoms with Crippen molar-refractivity contribution in [3.05, 3.63) is 72.9 Å². The van der Waals surface area contributed by atoms with Crippen molar-refractivity contribution in [2.45, 2.75) is 16.2 Å². The molecule has 0 aliphatic rings. The Bertz CT molecular complexity index is 1660. The van der Waals surface area contributed by atoms with Crippen LogP contribution in [0.1, 0.15) is 0 Å². The van der Waals surface area contributed by atoms with E-state index >= 15 is 0 Å². The van der Waals surface area contributed by atoms with Crippen LogP contribution in [0.2, 0.25) is 0 Å². The van der Waals surface area contributed by atoms with E-state index in [9.17, 15) is 30.0 Å². The average Bonchev–Trinajstić information content (AvgIpc) is 3.20. The first-order valence-electron chi connectivity index (χ1n) is 10.1. The predicted molar refractivity (Wildman–Crippen MR) is 127 cm³/mol. The molecule has 4 rings (SSSR count). The highest BCUT2D eigenvalue weighted by atomic mass is 32.2. The zero-order valence-electron chi connectivity index (χ0n) is 18.8. The van der Waals surface area contributed by atoms with E-state index in [-0.39, 0.29) is 10.6 Å². The van der Waals surface area contributed by atoms with Crippen molar-refractivity contribution < 1.29 is 39.5 Å². The second-order valence-electron chi connectivity index (χ2n) is 7.73. The van der Waals surface area contributed by atoms with Crippen LogP contribution in [-0.2, 0) is 19.9 Å². The Kier molecular flexibility index (Phi) is 6.39. The van der Waals surface area contributed by atoms with E-state index in [2.05, 4.69) is 9.46 Å². The lowest BCUT2D eigenvalue weighted by atomic mass is 10.2. The molecule has 8 nitrogen and oxygen atoms in total. The molecule has 190 valence electrons. The fourth-order valence-corrected chi connectivity index (χ4v) is 5.48. The molecule has 0 fully saturated rings. The maximum absolute atomic E-state index is 13.3. The topological polar surface area (TPSA) is 104 Å². The number of sulfonamides is 1. The fraction of sp³-hybridized carbons (Fsp3) is 0.130. The smallest absolute Gasteiger partial charge is 0.497 e. The van der Waals surface area contributed by atoms with Crippen LogP contribution in [0.3, 0.4) is 0 Å². The third-order valence-electron chi connectivity index (χ3n) is 5.03. The molecule has 13 heteroatoms. The van der Waals surface area contributed by atoms with Crippen LogP contribution in [0, 0.1) is 0 Å². The van der Waals surface area contributed by atoms with Crippen molar-refractivity contribution in [2.75, 3.05) is 18.1 Å². The van der Waals surface area contributed by atoms with Crippen molar-refractivity contribution in [1.82, 2.24) is 4.57 Å². The summed E-state index contributed by atoms with van der Waals surface area (Å²) >= 11 is 0. The Labute approximate surface area is 204 Å². The van der Waals surface area contributed by atoms with Gasteiger partial charge in [0.25, 0.3) is 0 Å². The van der Waals surface area contributed by atoms with Crippen molar-refractivity contribution in [3.63, 3.8) is 0 Å². The summed E-state index contributed by atoms with van der Waals surface area (Å²) in [6.07, 6.45) is -2.30. The Morgan fingerprint density at radius 3 is 2.25 bits per heavy atom. The molecule has 0 unspecified atom stereocenters. The number of halogens is 3. The first-order valence-corrected chi connectivity index (χ1v) is 13.5. The van der Waals surface area contributed by atoms with Gasteiger partial charge in [0, 0.05) is 17.6 Å². The highest BCUT2D eigenvalue weighted by Crippen LogP contribution is 2.32. The van der Waals surface area contributed by atoms with E-state index in [0.29, 0.717) is 16.9 Å². The van der Waals surface area contributed by atoms with Crippen LogP contribution >= 0.6 is 0 Å². The molecule has 0 atom stereocenters. The lowest BCUT2D eigenvalue weighted by Crippen LogP contribution is -2.17. The number of nitrogens with one attached hydrogen (secondary N) is 1. The van der Waals surface area contributed by atoms with Gasteiger partial charge in [0.15, 0.2) is 0 Å². The number of nitrogens with zero attached hydrogens (tertiary/aromatic N) is 1. The van der Waals surface area contributed by atoms with Gasteiger partial charge in [-0.15, -0.1) is 13.2 Å². The molecule has 0 spiro atoms. The number of hydrogen-bond donors (Lipinski definition) is 1. The molecule has 0 saturated carbocycles. The number of ether oxygens (including phenoxy) is 2. The number of anilines is 1. The van der Waals surface area contributed by atoms with Crippen LogP contribution in [0.25, 0.3) is 16.6 Å². The Morgan fingerprint density at radius 2 is 1.58 bits per heavy atom. The highest BCUT2D eigenvalue weighted by Gasteiger charge is 2.31. The van der Waals surface area contributed by atoms with Gasteiger partial charge in [-0.3, -0.25) is 4.72 Å². The summed E-state index contributed by atoms with van der Waals surface area (Å²) in [4.78, 5) is -0.631. The quantitative estimate of drug-likeness (QED) is 0.363. The van der Waals surface area contributed by atoms with Gasteiger partial charge in [-0.2, -0.15) is 0 Å². The predicted octanol–water partition coefficient (Wildman–Crippen LogP) is 4.74. The van der Waals surface area contributed by atoms with Gasteiger partial charge < -0.3 is 14.0 Å². The lowest BCUT2D eigenvalue weighted by Gasteiger charge is -2.14. The number of alkyl halides is 3. The van der Waals surface area contributed by atoms with Gasteiger partial charge in [-0.1, -0.05) is 12.1 Å². The number of rotatable bonds is 7. The normalized spacial score (nSPS) is 12.5. The zero-order chi connectivity index (χ0) is 26.3. The Morgan fingerprint density at radius 1 is 0.861 bits per heavy atom. The molecule has 1 heterocycles. The van der Waals surface area contributed by atoms with E-state index in [1.54, 1.807) is 41.1 Å². The number of aromatic nitrogens is 1. The first kappa shape index (κ1) is 25.4. The van der Waals surface area contributed by atoms with Gasteiger partial charge in [0.05, 0.1) is 40.0 Å². The molecule has 0 aliphatic carbocycles. The largest absolute Gasteiger partial charge is 0.573 e. The summed E-state index contributed by atoms with van der Waals surface area (Å²) in [6.45, 7) is 0. The third-order valence-corrected chi connectivity index (χ3v) is 7.37. The van der Waals surface area contributed by atoms with E-state index < -0.39 is 36.9 Å². The van der Waals surface area contributed by atoms with Gasteiger partial charge in [-0.05, 0) is 48.5 Å². The third kappa shape index (κ3) is 5.57. The second-order valence-corrected chi connectivity index (χ2v) is 11.4. The van der Waals surface area contributed by atoms with Gasteiger partial charge in [0.2, 0.25) is 19.9 Å². The summed E-state index contributed by atoms with van der Waals surface area (Å²) in [7, 11) is -6.47. The second kappa shape index (κ2) is 9.06. The summed E-state index contributed by atoms with van der Waals surface area (Å²) in [5.74, 6) is -0.491. The van der Waals surface area contributed by atoms with E-state index in [0.717, 1.165) is 35.9 Å². The molecule has 4 aromatic rings. The lowest BCUT2D eigenvalue weighted by molar-refractivity contribution is -0.274. The Balaban J connectivity index is 1.82. The van der Waals surface area contributed by atoms with Crippen LogP contribution in [0.4, 0.5) is 18.9 Å². The molecule has 1 aromatic heterocycles. The molecule has 0 radical (unpaired) electrons. The maximum atomic E-state index is 13.3. The number of hydrogen-bond acceptors (Lipinski definition) is 6. The molecule has 36 heavy (non-hydrogen) atoms. The van der Waals surface area contributed by atoms with Gasteiger partial charge in [0.1, 0.15) is 11.5 Å². The first-order chi connectivity index (χ1) is 16.7. The van der Waals surface area contributed by atoms with E-state index in [1.807, 2.05) is 0 Å². The summed E-state index contributed by atoms with van der Waals surface area (Å²) in [6, 6.07) is 14.9. The van der Waals surface area contributed by atoms with Crippen LogP contribution in [0.15, 0.2) is 82.7 Å². The molecule has 3 aromatic carbocycles. The van der Waals surface area contributed by atoms with Crippen LogP contribution < -0.4 is 14.2 Å². The zero-order valence-corrected chi connectivity index (χ0v) is 20.4. The van der Waals surface area contributed by atoms with Gasteiger partial charge >= 0.3 is 6.36 Å². The fourth-order valence-electron chi connectivity index (χ4n) is 3.57. The molecular formula is C23H19F3N2O6S2. The molecule has 1 N–H and O–H groups in total. The van der Waals surface area contributed by atoms with Crippen LogP contribution in [0.5, 0.6) is 11.5 Å². The van der Waals surface area contributed by atoms with Crippen molar-refractivity contribution >= 4 is 36.5 Å². The van der Waals surface area contributed by atoms with Crippen molar-refractivity contribution in [2.24, 2.45) is 0 Å². The maximum Gasteiger partial charge on any atom is 0.573 e. The number of methoxy groups -OCH3 is 1. The molecule has 0 saturated heterocycles. The minimum Gasteiger partial charge on any atom is -0.497 e. The molecule has 0 amide bonds. The van der Waals surface area contributed by atoms with E-state index in [1.165, 1.54) is 19.2 Å². The number of benzene rings is 3. The SMILES string of the molecule is COc1cc(-n2ccc3ccc(NS(C)(=O)=O)cc32)cc(S(=O)(=O)c2cccc(OC(F)(F)F)c2)c1. The summed E-state index contributed by atoms with van der Waals surface area (Å²) in [5.41, 5.74) is 1.24. The minimum absolute atomic E-state index is 0.182. The summed E-state index contributed by atoms with van der Waals surface area (Å²) < 4.78 is 101. The minimum atomic E-state index is -4.98. The molecule has 0 bridgehead atoms. The number of sulfone groups is 1. The monoisotopic (exact) mass is 540 g/mol. The Hall–Kier alpha value is -3.71. The highest BCUT2D eigenvalue weighted by molar-refractivity contribution is 7.92. The van der Waals surface area contributed by atoms with E-state index in [4.69, 9.17) is 4.74 Å². The van der Waals surface area contributed by atoms with Crippen LogP contribution in [-0.4, -0.2) is 41.1 Å². The van der Waals surface area contributed by atoms with Crippen molar-refractivity contribution in [1.29, 1.82) is 0 Å². The molecule has 0 aliphatic heterocycles.